The van der Waals surface area contributed by atoms with E-state index in [2.05, 4.69) is 16.5 Å². The number of hydrogen-bond acceptors (Lipinski definition) is 5. The average molecular weight is 356 g/mol. The van der Waals surface area contributed by atoms with Gasteiger partial charge in [-0.3, -0.25) is 14.3 Å². The molecule has 0 saturated heterocycles. The van der Waals surface area contributed by atoms with Crippen LogP contribution >= 0.6 is 0 Å². The van der Waals surface area contributed by atoms with Gasteiger partial charge in [-0.2, -0.15) is 0 Å². The fraction of sp³-hybridized carbons (Fsp3) is 0.278. The van der Waals surface area contributed by atoms with Crippen molar-refractivity contribution < 1.29 is 9.47 Å². The number of ether oxygens (including phenoxy) is 2. The minimum Gasteiger partial charge on any atom is -0.493 e. The van der Waals surface area contributed by atoms with E-state index in [1.165, 1.54) is 7.11 Å². The highest BCUT2D eigenvalue weighted by Gasteiger charge is 2.23. The molecule has 3 rings (SSSR count). The number of aryl methyl sites for hydroxylation is 1. The Morgan fingerprint density at radius 3 is 2.58 bits per heavy atom. The highest BCUT2D eigenvalue weighted by Crippen LogP contribution is 2.40. The minimum absolute atomic E-state index is 0.224. The summed E-state index contributed by atoms with van der Waals surface area (Å²) in [6, 6.07) is 3.60. The summed E-state index contributed by atoms with van der Waals surface area (Å²) in [5.41, 5.74) is 1.04. The summed E-state index contributed by atoms with van der Waals surface area (Å²) in [6.45, 7) is 5.84. The van der Waals surface area contributed by atoms with Crippen molar-refractivity contribution in [1.29, 1.82) is 0 Å². The average Bonchev–Trinajstić information content (AvgIpc) is 2.96. The van der Waals surface area contributed by atoms with Gasteiger partial charge in [-0.25, -0.2) is 9.78 Å². The summed E-state index contributed by atoms with van der Waals surface area (Å²) in [6.07, 6.45) is 1.67. The number of aromatic amines is 1. The maximum absolute atomic E-state index is 12.7. The Hall–Kier alpha value is -3.29. The molecule has 1 N–H and O–H groups in total. The predicted molar refractivity (Wildman–Crippen MR) is 99.9 cm³/mol. The fourth-order valence-corrected chi connectivity index (χ4v) is 3.07. The van der Waals surface area contributed by atoms with E-state index in [0.29, 0.717) is 28.4 Å². The van der Waals surface area contributed by atoms with Crippen molar-refractivity contribution in [2.75, 3.05) is 14.2 Å². The third-order valence-electron chi connectivity index (χ3n) is 4.35. The molecule has 0 aliphatic heterocycles. The molecule has 1 aromatic carbocycles. The Balaban J connectivity index is 2.46. The lowest BCUT2D eigenvalue weighted by Crippen LogP contribution is -2.34. The van der Waals surface area contributed by atoms with Crippen molar-refractivity contribution in [1.82, 2.24) is 19.1 Å². The molecule has 8 nitrogen and oxygen atoms in total. The highest BCUT2D eigenvalue weighted by molar-refractivity contribution is 5.84. The molecular weight excluding hydrogens is 336 g/mol. The van der Waals surface area contributed by atoms with Crippen LogP contribution < -0.4 is 20.7 Å². The summed E-state index contributed by atoms with van der Waals surface area (Å²) in [5.74, 6) is 1.47. The lowest BCUT2D eigenvalue weighted by atomic mass is 10.0. The number of imidazole rings is 1. The Labute approximate surface area is 149 Å². The van der Waals surface area contributed by atoms with Crippen LogP contribution in [-0.4, -0.2) is 33.3 Å². The van der Waals surface area contributed by atoms with Crippen LogP contribution in [0.15, 0.2) is 28.3 Å². The maximum Gasteiger partial charge on any atom is 0.330 e. The number of rotatable bonds is 5. The predicted octanol–water partition coefficient (Wildman–Crippen LogP) is 1.77. The van der Waals surface area contributed by atoms with E-state index in [9.17, 15) is 9.59 Å². The van der Waals surface area contributed by atoms with Crippen molar-refractivity contribution in [2.45, 2.75) is 13.5 Å². The standard InChI is InChI=1S/C18H20N4O4/c1-6-10-8-9-11(25-4)14(26-5)12(10)16-19-15-13(21(16)3)17(23)22(7-2)18(24)20-15/h6,8-9H,1,7H2,2-5H3,(H,20,24). The van der Waals surface area contributed by atoms with Gasteiger partial charge in [0.2, 0.25) is 0 Å². The summed E-state index contributed by atoms with van der Waals surface area (Å²) < 4.78 is 13.7. The van der Waals surface area contributed by atoms with Crippen LogP contribution in [-0.2, 0) is 13.6 Å². The molecule has 0 fully saturated rings. The SMILES string of the molecule is C=Cc1ccc(OC)c(OC)c1-c1nc2[nH]c(=O)n(CC)c(=O)c2n1C. The van der Waals surface area contributed by atoms with Gasteiger partial charge in [0, 0.05) is 13.6 Å². The number of fused-ring (bicyclic) bond motifs is 1. The summed E-state index contributed by atoms with van der Waals surface area (Å²) in [4.78, 5) is 31.9. The molecule has 0 radical (unpaired) electrons. The molecule has 0 atom stereocenters. The normalized spacial score (nSPS) is 10.9. The number of nitrogens with one attached hydrogen (secondary N) is 1. The molecule has 136 valence electrons. The van der Waals surface area contributed by atoms with Gasteiger partial charge in [0.25, 0.3) is 5.56 Å². The second-order valence-electron chi connectivity index (χ2n) is 5.64. The van der Waals surface area contributed by atoms with Gasteiger partial charge in [0.15, 0.2) is 22.7 Å². The van der Waals surface area contributed by atoms with E-state index in [0.717, 1.165) is 10.1 Å². The molecule has 0 spiro atoms. The van der Waals surface area contributed by atoms with Crippen molar-refractivity contribution in [3.05, 3.63) is 45.1 Å². The highest BCUT2D eigenvalue weighted by atomic mass is 16.5. The molecule has 0 bridgehead atoms. The lowest BCUT2D eigenvalue weighted by Gasteiger charge is -2.15. The van der Waals surface area contributed by atoms with Crippen LogP contribution in [0, 0.1) is 0 Å². The molecular formula is C18H20N4O4. The van der Waals surface area contributed by atoms with Crippen molar-refractivity contribution in [3.8, 4) is 22.9 Å². The fourth-order valence-electron chi connectivity index (χ4n) is 3.07. The summed E-state index contributed by atoms with van der Waals surface area (Å²) in [7, 11) is 4.79. The van der Waals surface area contributed by atoms with Crippen LogP contribution in [0.5, 0.6) is 11.5 Å². The molecule has 2 heterocycles. The van der Waals surface area contributed by atoms with Crippen LogP contribution in [0.2, 0.25) is 0 Å². The molecule has 26 heavy (non-hydrogen) atoms. The lowest BCUT2D eigenvalue weighted by molar-refractivity contribution is 0.356. The van der Waals surface area contributed by atoms with Gasteiger partial charge in [-0.05, 0) is 18.6 Å². The quantitative estimate of drug-likeness (QED) is 0.752. The number of aromatic nitrogens is 4. The first-order chi connectivity index (χ1) is 12.5. The van der Waals surface area contributed by atoms with Gasteiger partial charge in [0.05, 0.1) is 19.8 Å². The smallest absolute Gasteiger partial charge is 0.330 e. The van der Waals surface area contributed by atoms with E-state index >= 15 is 0 Å². The van der Waals surface area contributed by atoms with E-state index in [1.807, 2.05) is 6.07 Å². The number of H-pyrrole nitrogens is 1. The first-order valence-corrected chi connectivity index (χ1v) is 8.05. The molecule has 0 aliphatic carbocycles. The molecule has 2 aromatic heterocycles. The molecule has 3 aromatic rings. The monoisotopic (exact) mass is 356 g/mol. The second-order valence-corrected chi connectivity index (χ2v) is 5.64. The summed E-state index contributed by atoms with van der Waals surface area (Å²) >= 11 is 0. The van der Waals surface area contributed by atoms with Gasteiger partial charge >= 0.3 is 5.69 Å². The van der Waals surface area contributed by atoms with E-state index in [1.54, 1.807) is 37.8 Å². The first-order valence-electron chi connectivity index (χ1n) is 8.05. The van der Waals surface area contributed by atoms with E-state index < -0.39 is 11.2 Å². The van der Waals surface area contributed by atoms with Crippen molar-refractivity contribution in [3.63, 3.8) is 0 Å². The Morgan fingerprint density at radius 1 is 1.27 bits per heavy atom. The second kappa shape index (κ2) is 6.55. The van der Waals surface area contributed by atoms with Crippen LogP contribution in [0.4, 0.5) is 0 Å². The number of methoxy groups -OCH3 is 2. The van der Waals surface area contributed by atoms with Crippen LogP contribution in [0.3, 0.4) is 0 Å². The number of nitrogens with zero attached hydrogens (tertiary/aromatic N) is 3. The Morgan fingerprint density at radius 2 is 2.00 bits per heavy atom. The van der Waals surface area contributed by atoms with Gasteiger partial charge in [-0.1, -0.05) is 18.7 Å². The molecule has 8 heteroatoms. The Bertz CT molecular complexity index is 1120. The van der Waals surface area contributed by atoms with Crippen molar-refractivity contribution in [2.24, 2.45) is 7.05 Å². The van der Waals surface area contributed by atoms with Crippen molar-refractivity contribution >= 4 is 17.2 Å². The first kappa shape index (κ1) is 17.5. The molecule has 0 aliphatic rings. The minimum atomic E-state index is -0.490. The zero-order chi connectivity index (χ0) is 19.0. The van der Waals surface area contributed by atoms with E-state index in [-0.39, 0.29) is 12.2 Å². The summed E-state index contributed by atoms with van der Waals surface area (Å²) in [5, 5.41) is 0. The van der Waals surface area contributed by atoms with Gasteiger partial charge < -0.3 is 14.0 Å². The molecule has 0 saturated carbocycles. The third kappa shape index (κ3) is 2.42. The zero-order valence-corrected chi connectivity index (χ0v) is 15.1. The van der Waals surface area contributed by atoms with Gasteiger partial charge in [-0.15, -0.1) is 0 Å². The number of hydrogen-bond donors (Lipinski definition) is 1. The molecule has 0 unspecified atom stereocenters. The largest absolute Gasteiger partial charge is 0.493 e. The van der Waals surface area contributed by atoms with Crippen LogP contribution in [0.25, 0.3) is 28.6 Å². The Kier molecular flexibility index (Phi) is 4.41. The topological polar surface area (TPSA) is 91.1 Å². The van der Waals surface area contributed by atoms with Gasteiger partial charge in [0.1, 0.15) is 5.82 Å². The van der Waals surface area contributed by atoms with E-state index in [4.69, 9.17) is 9.47 Å². The third-order valence-corrected chi connectivity index (χ3v) is 4.35. The zero-order valence-electron chi connectivity index (χ0n) is 15.1. The van der Waals surface area contributed by atoms with Crippen LogP contribution in [0.1, 0.15) is 12.5 Å². The maximum atomic E-state index is 12.7. The molecule has 0 amide bonds. The number of benzene rings is 1.